The van der Waals surface area contributed by atoms with Crippen LogP contribution < -0.4 is 10.0 Å². The summed E-state index contributed by atoms with van der Waals surface area (Å²) in [5.74, 6) is -1.07. The van der Waals surface area contributed by atoms with Crippen LogP contribution in [0.15, 0.2) is 29.2 Å². The Kier molecular flexibility index (Phi) is 5.34. The number of amides is 3. The molecular formula is C18H23N3O5S. The topological polar surface area (TPSA) is 118 Å². The Labute approximate surface area is 158 Å². The molecule has 2 aliphatic rings. The number of rotatable bonds is 4. The fourth-order valence-corrected chi connectivity index (χ4v) is 4.50. The first-order chi connectivity index (χ1) is 12.7. The first-order valence-corrected chi connectivity index (χ1v) is 10.5. The third kappa shape index (κ3) is 3.89. The van der Waals surface area contributed by atoms with Crippen LogP contribution in [0.2, 0.25) is 0 Å². The number of imide groups is 1. The molecule has 1 aliphatic heterocycles. The number of sulfonamides is 1. The standard InChI is InChI=1S/C18H23N3O5S/c1-12(22)20(13-5-3-2-4-6-13)16-11-17(23)21(18(16)24)14-7-9-15(10-8-14)27(19,25)26/h7-10,13,16H,2-6,11H2,1H3,(H2,19,25,26). The van der Waals surface area contributed by atoms with E-state index in [2.05, 4.69) is 0 Å². The van der Waals surface area contributed by atoms with Crippen LogP contribution >= 0.6 is 0 Å². The molecule has 1 unspecified atom stereocenters. The minimum absolute atomic E-state index is 0.0253. The third-order valence-corrected chi connectivity index (χ3v) is 6.14. The summed E-state index contributed by atoms with van der Waals surface area (Å²) in [6.45, 7) is 1.43. The van der Waals surface area contributed by atoms with Crippen molar-refractivity contribution in [3.63, 3.8) is 0 Å². The van der Waals surface area contributed by atoms with Gasteiger partial charge in [-0.25, -0.2) is 18.5 Å². The van der Waals surface area contributed by atoms with Gasteiger partial charge in [0.2, 0.25) is 21.8 Å². The van der Waals surface area contributed by atoms with Crippen LogP contribution in [0.4, 0.5) is 5.69 Å². The maximum absolute atomic E-state index is 13.0. The summed E-state index contributed by atoms with van der Waals surface area (Å²) < 4.78 is 22.7. The molecule has 1 saturated heterocycles. The number of nitrogens with zero attached hydrogens (tertiary/aromatic N) is 2. The SMILES string of the molecule is CC(=O)N(C1CCCCC1)C1CC(=O)N(c2ccc(S(N)(=O)=O)cc2)C1=O. The van der Waals surface area contributed by atoms with Gasteiger partial charge in [-0.05, 0) is 37.1 Å². The number of nitrogens with two attached hydrogens (primary N) is 1. The predicted octanol–water partition coefficient (Wildman–Crippen LogP) is 1.15. The monoisotopic (exact) mass is 393 g/mol. The van der Waals surface area contributed by atoms with Gasteiger partial charge in [-0.15, -0.1) is 0 Å². The Hall–Kier alpha value is -2.26. The predicted molar refractivity (Wildman–Crippen MR) is 98.1 cm³/mol. The first kappa shape index (κ1) is 19.5. The van der Waals surface area contributed by atoms with Gasteiger partial charge in [0, 0.05) is 13.0 Å². The quantitative estimate of drug-likeness (QED) is 0.770. The average molecular weight is 393 g/mol. The highest BCUT2D eigenvalue weighted by molar-refractivity contribution is 7.89. The van der Waals surface area contributed by atoms with Gasteiger partial charge in [-0.1, -0.05) is 19.3 Å². The molecule has 9 heteroatoms. The lowest BCUT2D eigenvalue weighted by Gasteiger charge is -2.36. The Morgan fingerprint density at radius 3 is 2.22 bits per heavy atom. The molecule has 2 N–H and O–H groups in total. The maximum atomic E-state index is 13.0. The minimum Gasteiger partial charge on any atom is -0.327 e. The zero-order valence-electron chi connectivity index (χ0n) is 15.1. The van der Waals surface area contributed by atoms with E-state index < -0.39 is 27.9 Å². The highest BCUT2D eigenvalue weighted by Gasteiger charge is 2.45. The van der Waals surface area contributed by atoms with E-state index in [9.17, 15) is 22.8 Å². The molecule has 0 radical (unpaired) electrons. The second-order valence-corrected chi connectivity index (χ2v) is 8.61. The number of carbonyl (C=O) groups is 3. The fourth-order valence-electron chi connectivity index (χ4n) is 3.98. The van der Waals surface area contributed by atoms with Crippen molar-refractivity contribution in [3.05, 3.63) is 24.3 Å². The Morgan fingerprint density at radius 2 is 1.70 bits per heavy atom. The molecule has 2 fully saturated rings. The van der Waals surface area contributed by atoms with Gasteiger partial charge in [0.1, 0.15) is 6.04 Å². The molecule has 3 amide bonds. The van der Waals surface area contributed by atoms with Gasteiger partial charge in [0.25, 0.3) is 5.91 Å². The van der Waals surface area contributed by atoms with E-state index in [1.54, 1.807) is 4.90 Å². The molecule has 3 rings (SSSR count). The van der Waals surface area contributed by atoms with Crippen molar-refractivity contribution in [2.45, 2.75) is 62.4 Å². The molecule has 1 saturated carbocycles. The summed E-state index contributed by atoms with van der Waals surface area (Å²) >= 11 is 0. The molecule has 1 atom stereocenters. The lowest BCUT2D eigenvalue weighted by Crippen LogP contribution is -2.50. The highest BCUT2D eigenvalue weighted by Crippen LogP contribution is 2.31. The van der Waals surface area contributed by atoms with Crippen LogP contribution in [-0.2, 0) is 24.4 Å². The molecule has 0 aromatic heterocycles. The van der Waals surface area contributed by atoms with E-state index in [0.29, 0.717) is 0 Å². The number of hydrogen-bond acceptors (Lipinski definition) is 5. The minimum atomic E-state index is -3.86. The Balaban J connectivity index is 1.86. The van der Waals surface area contributed by atoms with Gasteiger partial charge in [-0.3, -0.25) is 14.4 Å². The van der Waals surface area contributed by atoms with E-state index in [1.165, 1.54) is 31.2 Å². The second-order valence-electron chi connectivity index (χ2n) is 7.04. The van der Waals surface area contributed by atoms with Gasteiger partial charge < -0.3 is 4.90 Å². The zero-order valence-corrected chi connectivity index (χ0v) is 15.9. The van der Waals surface area contributed by atoms with Crippen LogP contribution in [-0.4, -0.2) is 43.1 Å². The van der Waals surface area contributed by atoms with Gasteiger partial charge in [0.15, 0.2) is 0 Å². The van der Waals surface area contributed by atoms with E-state index in [1.807, 2.05) is 0 Å². The summed E-state index contributed by atoms with van der Waals surface area (Å²) in [5, 5.41) is 5.07. The molecule has 0 spiro atoms. The lowest BCUT2D eigenvalue weighted by molar-refractivity contribution is -0.140. The smallest absolute Gasteiger partial charge is 0.257 e. The Morgan fingerprint density at radius 1 is 1.11 bits per heavy atom. The number of hydrogen-bond donors (Lipinski definition) is 1. The summed E-state index contributed by atoms with van der Waals surface area (Å²) in [6.07, 6.45) is 4.72. The molecule has 0 bridgehead atoms. The molecule has 1 heterocycles. The van der Waals surface area contributed by atoms with E-state index in [4.69, 9.17) is 5.14 Å². The van der Waals surface area contributed by atoms with Crippen LogP contribution in [0.1, 0.15) is 45.4 Å². The fraction of sp³-hybridized carbons (Fsp3) is 0.500. The van der Waals surface area contributed by atoms with Gasteiger partial charge >= 0.3 is 0 Å². The van der Waals surface area contributed by atoms with E-state index in [0.717, 1.165) is 37.0 Å². The molecule has 27 heavy (non-hydrogen) atoms. The van der Waals surface area contributed by atoms with Gasteiger partial charge in [-0.2, -0.15) is 0 Å². The van der Waals surface area contributed by atoms with Crippen molar-refractivity contribution in [3.8, 4) is 0 Å². The summed E-state index contributed by atoms with van der Waals surface area (Å²) in [7, 11) is -3.86. The first-order valence-electron chi connectivity index (χ1n) is 8.98. The molecule has 1 aliphatic carbocycles. The number of primary sulfonamides is 1. The van der Waals surface area contributed by atoms with Crippen molar-refractivity contribution in [1.29, 1.82) is 0 Å². The molecule has 8 nitrogen and oxygen atoms in total. The highest BCUT2D eigenvalue weighted by atomic mass is 32.2. The Bertz CT molecular complexity index is 859. The van der Waals surface area contributed by atoms with Crippen molar-refractivity contribution in [2.75, 3.05) is 4.90 Å². The van der Waals surface area contributed by atoms with Crippen molar-refractivity contribution >= 4 is 33.4 Å². The van der Waals surface area contributed by atoms with Crippen LogP contribution in [0.3, 0.4) is 0 Å². The summed E-state index contributed by atoms with van der Waals surface area (Å²) in [5.41, 5.74) is 0.270. The molecule has 146 valence electrons. The third-order valence-electron chi connectivity index (χ3n) is 5.21. The molecule has 1 aromatic rings. The van der Waals surface area contributed by atoms with Crippen LogP contribution in [0.25, 0.3) is 0 Å². The second kappa shape index (κ2) is 7.40. The summed E-state index contributed by atoms with van der Waals surface area (Å²) in [6, 6.07) is 4.41. The van der Waals surface area contributed by atoms with Crippen molar-refractivity contribution in [2.24, 2.45) is 5.14 Å². The van der Waals surface area contributed by atoms with E-state index in [-0.39, 0.29) is 29.0 Å². The summed E-state index contributed by atoms with van der Waals surface area (Å²) in [4.78, 5) is 40.2. The number of carbonyl (C=O) groups excluding carboxylic acids is 3. The molecular weight excluding hydrogens is 370 g/mol. The average Bonchev–Trinajstić information content (AvgIpc) is 2.89. The largest absolute Gasteiger partial charge is 0.327 e. The van der Waals surface area contributed by atoms with Crippen molar-refractivity contribution < 1.29 is 22.8 Å². The van der Waals surface area contributed by atoms with Crippen LogP contribution in [0, 0.1) is 0 Å². The lowest BCUT2D eigenvalue weighted by atomic mass is 9.92. The van der Waals surface area contributed by atoms with E-state index >= 15 is 0 Å². The molecule has 1 aromatic carbocycles. The number of benzene rings is 1. The van der Waals surface area contributed by atoms with Gasteiger partial charge in [0.05, 0.1) is 17.0 Å². The zero-order chi connectivity index (χ0) is 19.8. The number of anilines is 1. The van der Waals surface area contributed by atoms with Crippen molar-refractivity contribution in [1.82, 2.24) is 4.90 Å². The normalized spacial score (nSPS) is 21.6. The maximum Gasteiger partial charge on any atom is 0.257 e. The van der Waals surface area contributed by atoms with Crippen LogP contribution in [0.5, 0.6) is 0 Å².